The zero-order chi connectivity index (χ0) is 12.5. The highest BCUT2D eigenvalue weighted by molar-refractivity contribution is 5.57. The first-order chi connectivity index (χ1) is 7.94. The number of nitrogen functional groups attached to an aromatic ring is 1. The summed E-state index contributed by atoms with van der Waals surface area (Å²) in [6.07, 6.45) is 5.20. The van der Waals surface area contributed by atoms with Crippen molar-refractivity contribution in [1.82, 2.24) is 0 Å². The first-order valence-electron chi connectivity index (χ1n) is 6.58. The molecule has 0 aliphatic heterocycles. The Morgan fingerprint density at radius 1 is 1.29 bits per heavy atom. The Morgan fingerprint density at radius 2 is 2.06 bits per heavy atom. The van der Waals surface area contributed by atoms with Crippen LogP contribution in [0.4, 0.5) is 11.4 Å². The van der Waals surface area contributed by atoms with Crippen molar-refractivity contribution in [2.45, 2.75) is 52.5 Å². The topological polar surface area (TPSA) is 38.0 Å². The number of hydrogen-bond donors (Lipinski definition) is 2. The van der Waals surface area contributed by atoms with Crippen LogP contribution < -0.4 is 11.1 Å². The predicted molar refractivity (Wildman–Crippen MR) is 75.3 cm³/mol. The number of anilines is 2. The Kier molecular flexibility index (Phi) is 3.32. The SMILES string of the molecule is Cc1cc(N)cc(NC2CCCC(C)(C)C2)c1. The number of rotatable bonds is 2. The highest BCUT2D eigenvalue weighted by atomic mass is 14.9. The predicted octanol–water partition coefficient (Wildman–Crippen LogP) is 3.96. The van der Waals surface area contributed by atoms with Crippen LogP contribution in [-0.2, 0) is 0 Å². The summed E-state index contributed by atoms with van der Waals surface area (Å²) in [4.78, 5) is 0. The minimum atomic E-state index is 0.477. The Morgan fingerprint density at radius 3 is 2.71 bits per heavy atom. The maximum Gasteiger partial charge on any atom is 0.0365 e. The van der Waals surface area contributed by atoms with E-state index in [0.717, 1.165) is 5.69 Å². The molecule has 0 aromatic heterocycles. The molecule has 1 fully saturated rings. The molecule has 1 aliphatic rings. The molecular formula is C15H24N2. The third-order valence-electron chi connectivity index (χ3n) is 3.68. The zero-order valence-corrected chi connectivity index (χ0v) is 11.2. The van der Waals surface area contributed by atoms with E-state index >= 15 is 0 Å². The lowest BCUT2D eigenvalue weighted by molar-refractivity contribution is 0.229. The van der Waals surface area contributed by atoms with E-state index in [2.05, 4.69) is 32.2 Å². The normalized spacial score (nSPS) is 23.4. The van der Waals surface area contributed by atoms with E-state index in [0.29, 0.717) is 11.5 Å². The van der Waals surface area contributed by atoms with Crippen LogP contribution in [0.3, 0.4) is 0 Å². The maximum atomic E-state index is 5.88. The van der Waals surface area contributed by atoms with E-state index in [9.17, 15) is 0 Å². The molecule has 1 unspecified atom stereocenters. The second-order valence-corrected chi connectivity index (χ2v) is 6.23. The molecule has 0 radical (unpaired) electrons. The molecule has 3 N–H and O–H groups in total. The van der Waals surface area contributed by atoms with E-state index < -0.39 is 0 Å². The van der Waals surface area contributed by atoms with Crippen molar-refractivity contribution in [3.63, 3.8) is 0 Å². The molecule has 0 spiro atoms. The molecule has 1 atom stereocenters. The zero-order valence-electron chi connectivity index (χ0n) is 11.2. The lowest BCUT2D eigenvalue weighted by atomic mass is 9.75. The van der Waals surface area contributed by atoms with E-state index in [4.69, 9.17) is 5.73 Å². The maximum absolute atomic E-state index is 5.88. The van der Waals surface area contributed by atoms with Gasteiger partial charge < -0.3 is 11.1 Å². The van der Waals surface area contributed by atoms with Gasteiger partial charge in [-0.3, -0.25) is 0 Å². The van der Waals surface area contributed by atoms with Crippen LogP contribution in [0.1, 0.15) is 45.1 Å². The lowest BCUT2D eigenvalue weighted by Crippen LogP contribution is -2.31. The second-order valence-electron chi connectivity index (χ2n) is 6.23. The van der Waals surface area contributed by atoms with Gasteiger partial charge in [0.05, 0.1) is 0 Å². The smallest absolute Gasteiger partial charge is 0.0365 e. The van der Waals surface area contributed by atoms with Crippen LogP contribution in [0, 0.1) is 12.3 Å². The molecule has 0 amide bonds. The largest absolute Gasteiger partial charge is 0.399 e. The summed E-state index contributed by atoms with van der Waals surface area (Å²) < 4.78 is 0. The van der Waals surface area contributed by atoms with Crippen LogP contribution in [0.5, 0.6) is 0 Å². The van der Waals surface area contributed by atoms with Gasteiger partial charge in [0.15, 0.2) is 0 Å². The highest BCUT2D eigenvalue weighted by Crippen LogP contribution is 2.36. The molecule has 1 aromatic rings. The Labute approximate surface area is 105 Å². The van der Waals surface area contributed by atoms with Crippen LogP contribution in [0.15, 0.2) is 18.2 Å². The van der Waals surface area contributed by atoms with Crippen LogP contribution in [0.25, 0.3) is 0 Å². The van der Waals surface area contributed by atoms with Gasteiger partial charge in [-0.2, -0.15) is 0 Å². The summed E-state index contributed by atoms with van der Waals surface area (Å²) >= 11 is 0. The van der Waals surface area contributed by atoms with Crippen LogP contribution in [-0.4, -0.2) is 6.04 Å². The van der Waals surface area contributed by atoms with Crippen molar-refractivity contribution in [1.29, 1.82) is 0 Å². The monoisotopic (exact) mass is 232 g/mol. The Hall–Kier alpha value is -1.18. The van der Waals surface area contributed by atoms with E-state index in [1.54, 1.807) is 0 Å². The standard InChI is InChI=1S/C15H24N2/c1-11-7-12(16)9-14(8-11)17-13-5-4-6-15(2,3)10-13/h7-9,13,17H,4-6,10,16H2,1-3H3. The van der Waals surface area contributed by atoms with Gasteiger partial charge in [0, 0.05) is 17.4 Å². The average molecular weight is 232 g/mol. The summed E-state index contributed by atoms with van der Waals surface area (Å²) in [5.41, 5.74) is 9.60. The quantitative estimate of drug-likeness (QED) is 0.757. The van der Waals surface area contributed by atoms with Gasteiger partial charge in [-0.1, -0.05) is 20.3 Å². The second kappa shape index (κ2) is 4.59. The Bertz CT molecular complexity index is 376. The van der Waals surface area contributed by atoms with Crippen LogP contribution >= 0.6 is 0 Å². The minimum Gasteiger partial charge on any atom is -0.399 e. The Balaban J connectivity index is 2.05. The number of benzene rings is 1. The summed E-state index contributed by atoms with van der Waals surface area (Å²) in [5.74, 6) is 0. The number of hydrogen-bond acceptors (Lipinski definition) is 2. The third kappa shape index (κ3) is 3.39. The van der Waals surface area contributed by atoms with Gasteiger partial charge >= 0.3 is 0 Å². The fourth-order valence-electron chi connectivity index (χ4n) is 2.95. The molecule has 2 heteroatoms. The van der Waals surface area contributed by atoms with Gasteiger partial charge in [0.1, 0.15) is 0 Å². The molecule has 1 aliphatic carbocycles. The highest BCUT2D eigenvalue weighted by Gasteiger charge is 2.27. The van der Waals surface area contributed by atoms with Gasteiger partial charge in [-0.05, 0) is 55.4 Å². The molecule has 1 saturated carbocycles. The van der Waals surface area contributed by atoms with Crippen molar-refractivity contribution in [2.75, 3.05) is 11.1 Å². The molecule has 1 aromatic carbocycles. The molecule has 94 valence electrons. The molecule has 0 heterocycles. The summed E-state index contributed by atoms with van der Waals surface area (Å²) in [6.45, 7) is 6.82. The first-order valence-corrected chi connectivity index (χ1v) is 6.58. The summed E-state index contributed by atoms with van der Waals surface area (Å²) in [5, 5.41) is 3.64. The average Bonchev–Trinajstić information content (AvgIpc) is 2.13. The molecule has 17 heavy (non-hydrogen) atoms. The number of aryl methyl sites for hydroxylation is 1. The molecule has 0 bridgehead atoms. The molecule has 2 nitrogen and oxygen atoms in total. The van der Waals surface area contributed by atoms with E-state index in [-0.39, 0.29) is 0 Å². The van der Waals surface area contributed by atoms with Crippen molar-refractivity contribution in [3.8, 4) is 0 Å². The molecule has 0 saturated heterocycles. The van der Waals surface area contributed by atoms with Crippen molar-refractivity contribution >= 4 is 11.4 Å². The van der Waals surface area contributed by atoms with Crippen molar-refractivity contribution in [3.05, 3.63) is 23.8 Å². The summed E-state index contributed by atoms with van der Waals surface area (Å²) in [7, 11) is 0. The lowest BCUT2D eigenvalue weighted by Gasteiger charge is -2.36. The summed E-state index contributed by atoms with van der Waals surface area (Å²) in [6, 6.07) is 6.82. The minimum absolute atomic E-state index is 0.477. The van der Waals surface area contributed by atoms with Crippen LogP contribution in [0.2, 0.25) is 0 Å². The molecular weight excluding hydrogens is 208 g/mol. The fourth-order valence-corrected chi connectivity index (χ4v) is 2.95. The van der Waals surface area contributed by atoms with Crippen molar-refractivity contribution in [2.24, 2.45) is 5.41 Å². The van der Waals surface area contributed by atoms with E-state index in [1.807, 2.05) is 12.1 Å². The van der Waals surface area contributed by atoms with Gasteiger partial charge in [0.2, 0.25) is 0 Å². The fraction of sp³-hybridized carbons (Fsp3) is 0.600. The molecule has 2 rings (SSSR count). The third-order valence-corrected chi connectivity index (χ3v) is 3.68. The number of nitrogens with one attached hydrogen (secondary N) is 1. The van der Waals surface area contributed by atoms with Gasteiger partial charge in [-0.15, -0.1) is 0 Å². The van der Waals surface area contributed by atoms with Gasteiger partial charge in [0.25, 0.3) is 0 Å². The van der Waals surface area contributed by atoms with Crippen molar-refractivity contribution < 1.29 is 0 Å². The number of nitrogens with two attached hydrogens (primary N) is 1. The van der Waals surface area contributed by atoms with E-state index in [1.165, 1.54) is 36.9 Å². The van der Waals surface area contributed by atoms with Gasteiger partial charge in [-0.25, -0.2) is 0 Å². The first kappa shape index (κ1) is 12.3.